The lowest BCUT2D eigenvalue weighted by molar-refractivity contribution is -0.384. The van der Waals surface area contributed by atoms with Gasteiger partial charge in [0.2, 0.25) is 5.91 Å². The van der Waals surface area contributed by atoms with Gasteiger partial charge in [0, 0.05) is 24.1 Å². The number of aliphatic hydroxyl groups is 1. The highest BCUT2D eigenvalue weighted by atomic mass is 32.2. The van der Waals surface area contributed by atoms with Crippen molar-refractivity contribution in [2.45, 2.75) is 47.5 Å². The Morgan fingerprint density at radius 2 is 2.11 bits per heavy atom. The maximum Gasteiger partial charge on any atom is 0.354 e. The number of rotatable bonds is 9. The first-order valence-electron chi connectivity index (χ1n) is 11.4. The van der Waals surface area contributed by atoms with Gasteiger partial charge >= 0.3 is 5.97 Å². The summed E-state index contributed by atoms with van der Waals surface area (Å²) in [5, 5.41) is 31.2. The average Bonchev–Trinajstić information content (AvgIpc) is 3.39. The number of carbonyl (C=O) groups excluding carboxylic acids is 1. The fraction of sp³-hybridized carbons (Fsp3) is 0.375. The molecular formula is C24H23N3O6S3. The number of nitro benzene ring substituents is 1. The summed E-state index contributed by atoms with van der Waals surface area (Å²) in [4.78, 5) is 42.0. The summed E-state index contributed by atoms with van der Waals surface area (Å²) >= 11 is 4.24. The number of β-lactam (4-membered cyclic amide) rings is 1. The van der Waals surface area contributed by atoms with E-state index in [1.54, 1.807) is 25.3 Å². The maximum atomic E-state index is 13.2. The number of carbonyl (C=O) groups is 2. The number of hydrogen-bond donors (Lipinski definition) is 2. The van der Waals surface area contributed by atoms with E-state index in [1.807, 2.05) is 12.1 Å². The van der Waals surface area contributed by atoms with E-state index >= 15 is 0 Å². The Morgan fingerprint density at radius 1 is 1.36 bits per heavy atom. The number of fused-ring (bicyclic) bond motifs is 2. The van der Waals surface area contributed by atoms with Crippen molar-refractivity contribution >= 4 is 52.8 Å². The maximum absolute atomic E-state index is 13.2. The lowest BCUT2D eigenvalue weighted by Gasteiger charge is -2.53. The Kier molecular flexibility index (Phi) is 6.79. The van der Waals surface area contributed by atoms with E-state index < -0.39 is 27.1 Å². The van der Waals surface area contributed by atoms with E-state index in [0.717, 1.165) is 29.7 Å². The van der Waals surface area contributed by atoms with Crippen LogP contribution in [-0.4, -0.2) is 47.2 Å². The van der Waals surface area contributed by atoms with Gasteiger partial charge in [0.25, 0.3) is 5.69 Å². The summed E-state index contributed by atoms with van der Waals surface area (Å²) in [6.45, 7) is 1.62. The summed E-state index contributed by atoms with van der Waals surface area (Å²) in [5.41, 5.74) is 2.90. The molecule has 2 aliphatic heterocycles. The number of carboxylic acid groups (broad SMARTS) is 1. The molecule has 1 aromatic carbocycles. The molecule has 3 heterocycles. The van der Waals surface area contributed by atoms with Crippen LogP contribution < -0.4 is 0 Å². The fourth-order valence-corrected chi connectivity index (χ4v) is 10.1. The van der Waals surface area contributed by atoms with Gasteiger partial charge in [-0.3, -0.25) is 24.8 Å². The quantitative estimate of drug-likeness (QED) is 0.263. The van der Waals surface area contributed by atoms with Crippen LogP contribution >= 0.6 is 35.3 Å². The lowest BCUT2D eigenvalue weighted by Crippen LogP contribution is -2.65. The topological polar surface area (TPSA) is 134 Å². The van der Waals surface area contributed by atoms with Crippen LogP contribution in [0.2, 0.25) is 0 Å². The Labute approximate surface area is 219 Å². The molecule has 188 valence electrons. The third-order valence-electron chi connectivity index (χ3n) is 6.45. The van der Waals surface area contributed by atoms with Crippen LogP contribution in [0.1, 0.15) is 41.8 Å². The van der Waals surface area contributed by atoms with Gasteiger partial charge in [-0.2, -0.15) is 0 Å². The minimum absolute atomic E-state index is 0.00112. The third kappa shape index (κ3) is 4.29. The van der Waals surface area contributed by atoms with E-state index in [2.05, 4.69) is 4.98 Å². The molecule has 1 aromatic heterocycles. The molecule has 2 N–H and O–H groups in total. The number of non-ortho nitro benzene ring substituents is 1. The van der Waals surface area contributed by atoms with Crippen molar-refractivity contribution in [3.05, 3.63) is 79.5 Å². The van der Waals surface area contributed by atoms with Gasteiger partial charge in [-0.1, -0.05) is 30.0 Å². The van der Waals surface area contributed by atoms with Crippen LogP contribution in [0.25, 0.3) is 0 Å². The average molecular weight is 546 g/mol. The molecular weight excluding hydrogens is 522 g/mol. The van der Waals surface area contributed by atoms with Crippen LogP contribution in [0.4, 0.5) is 5.69 Å². The number of thioether (sulfide) groups is 3. The van der Waals surface area contributed by atoms with Gasteiger partial charge in [0.1, 0.15) is 0 Å². The fourth-order valence-electron chi connectivity index (χ4n) is 4.78. The predicted molar refractivity (Wildman–Crippen MR) is 139 cm³/mol. The number of aliphatic carboxylic acids is 1. The summed E-state index contributed by atoms with van der Waals surface area (Å²) < 4.78 is -0.332. The first-order chi connectivity index (χ1) is 17.2. The van der Waals surface area contributed by atoms with Crippen LogP contribution in [0, 0.1) is 16.0 Å². The van der Waals surface area contributed by atoms with E-state index in [0.29, 0.717) is 9.99 Å². The summed E-state index contributed by atoms with van der Waals surface area (Å²) in [6.07, 6.45) is 2.93. The van der Waals surface area contributed by atoms with Gasteiger partial charge in [0.05, 0.1) is 32.1 Å². The van der Waals surface area contributed by atoms with Gasteiger partial charge in [-0.15, -0.1) is 23.5 Å². The second kappa shape index (κ2) is 9.73. The number of aliphatic hydroxyl groups excluding tert-OH is 1. The molecule has 0 spiro atoms. The molecule has 3 aliphatic rings. The number of benzene rings is 1. The zero-order valence-electron chi connectivity index (χ0n) is 19.2. The van der Waals surface area contributed by atoms with Crippen molar-refractivity contribution in [3.63, 3.8) is 0 Å². The number of nitrogens with zero attached hydrogens (tertiary/aromatic N) is 3. The van der Waals surface area contributed by atoms with Crippen molar-refractivity contribution in [1.29, 1.82) is 0 Å². The standard InChI is InChI=1S/C24H23N3O6S3/c1-13(28)11-17-21(29)26-20(22(30)31)23(35-18-9-6-15-3-2-10-25-19(15)18)36-24(17,26)34-12-14-4-7-16(8-5-14)27(32)33/h2-5,7-8,10,13,17-18,28H,6,9,11-12H2,1H3,(H,30,31)/t13?,17-,18?,24-/m1/s1. The van der Waals surface area contributed by atoms with Crippen molar-refractivity contribution in [1.82, 2.24) is 9.88 Å². The van der Waals surface area contributed by atoms with Crippen LogP contribution in [0.3, 0.4) is 0 Å². The zero-order chi connectivity index (χ0) is 25.6. The number of nitro groups is 1. The van der Waals surface area contributed by atoms with Crippen molar-refractivity contribution < 1.29 is 24.7 Å². The smallest absolute Gasteiger partial charge is 0.354 e. The second-order valence-corrected chi connectivity index (χ2v) is 13.1. The van der Waals surface area contributed by atoms with Crippen LogP contribution in [0.5, 0.6) is 0 Å². The van der Waals surface area contributed by atoms with E-state index in [-0.39, 0.29) is 29.0 Å². The summed E-state index contributed by atoms with van der Waals surface area (Å²) in [7, 11) is 0. The first kappa shape index (κ1) is 25.1. The molecule has 1 amide bonds. The van der Waals surface area contributed by atoms with Gasteiger partial charge < -0.3 is 10.2 Å². The molecule has 12 heteroatoms. The highest BCUT2D eigenvalue weighted by molar-refractivity contribution is 8.29. The molecule has 0 saturated carbocycles. The van der Waals surface area contributed by atoms with E-state index in [4.69, 9.17) is 0 Å². The third-order valence-corrected chi connectivity index (χ3v) is 11.2. The number of aryl methyl sites for hydroxylation is 1. The number of aromatic nitrogens is 1. The van der Waals surface area contributed by atoms with Crippen molar-refractivity contribution in [2.75, 3.05) is 0 Å². The summed E-state index contributed by atoms with van der Waals surface area (Å²) in [5.74, 6) is -1.61. The molecule has 36 heavy (non-hydrogen) atoms. The van der Waals surface area contributed by atoms with Crippen molar-refractivity contribution in [3.8, 4) is 0 Å². The molecule has 0 radical (unpaired) electrons. The molecule has 0 bridgehead atoms. The number of amides is 1. The molecule has 1 saturated heterocycles. The monoisotopic (exact) mass is 545 g/mol. The molecule has 9 nitrogen and oxygen atoms in total. The predicted octanol–water partition coefficient (Wildman–Crippen LogP) is 4.53. The van der Waals surface area contributed by atoms with Crippen LogP contribution in [-0.2, 0) is 21.8 Å². The Hall–Kier alpha value is -2.54. The Balaban J connectivity index is 1.44. The van der Waals surface area contributed by atoms with E-state index in [1.165, 1.54) is 52.3 Å². The first-order valence-corrected chi connectivity index (χ1v) is 14.1. The number of pyridine rings is 1. The molecule has 4 atom stereocenters. The normalized spacial score (nSPS) is 25.4. The number of carboxylic acids is 1. The Morgan fingerprint density at radius 3 is 2.78 bits per heavy atom. The molecule has 2 unspecified atom stereocenters. The Bertz CT molecular complexity index is 1270. The molecule has 2 aromatic rings. The lowest BCUT2D eigenvalue weighted by atomic mass is 9.91. The molecule has 1 aliphatic carbocycles. The largest absolute Gasteiger partial charge is 0.477 e. The van der Waals surface area contributed by atoms with Gasteiger partial charge in [-0.05, 0) is 43.4 Å². The highest BCUT2D eigenvalue weighted by Crippen LogP contribution is 2.68. The van der Waals surface area contributed by atoms with E-state index in [9.17, 15) is 29.9 Å². The number of hydrogen-bond acceptors (Lipinski definition) is 9. The molecule has 1 fully saturated rings. The summed E-state index contributed by atoms with van der Waals surface area (Å²) in [6, 6.07) is 10.1. The van der Waals surface area contributed by atoms with Crippen molar-refractivity contribution in [2.24, 2.45) is 5.92 Å². The minimum Gasteiger partial charge on any atom is -0.477 e. The second-order valence-electron chi connectivity index (χ2n) is 8.89. The minimum atomic E-state index is -1.16. The van der Waals surface area contributed by atoms with Gasteiger partial charge in [0.15, 0.2) is 9.90 Å². The SMILES string of the molecule is CC(O)C[C@@H]1C(=O)N2C(C(=O)O)=C(SC3CCc4cccnc43)S[C@]12SCc1ccc([N+](=O)[O-])cc1. The van der Waals surface area contributed by atoms with Crippen LogP contribution in [0.15, 0.2) is 52.5 Å². The zero-order valence-corrected chi connectivity index (χ0v) is 21.6. The van der Waals surface area contributed by atoms with Gasteiger partial charge in [-0.25, -0.2) is 4.79 Å². The molecule has 5 rings (SSSR count). The highest BCUT2D eigenvalue weighted by Gasteiger charge is 2.67.